The lowest BCUT2D eigenvalue weighted by Crippen LogP contribution is -2.44. The van der Waals surface area contributed by atoms with E-state index in [0.717, 1.165) is 4.31 Å². The molecule has 0 saturated heterocycles. The zero-order chi connectivity index (χ0) is 12.5. The van der Waals surface area contributed by atoms with E-state index >= 15 is 0 Å². The Morgan fingerprint density at radius 2 is 1.53 bits per heavy atom. The predicted octanol–water partition coefficient (Wildman–Crippen LogP) is 0.572. The monoisotopic (exact) mass is 259 g/mol. The van der Waals surface area contributed by atoms with Crippen LogP contribution in [0, 0.1) is 0 Å². The Bertz CT molecular complexity index is 354. The molecule has 0 bridgehead atoms. The molecule has 0 aliphatic carbocycles. The molecule has 0 aromatic rings. The number of hydrogen-bond acceptors (Lipinski definition) is 3. The quantitative estimate of drug-likeness (QED) is 0.704. The highest BCUT2D eigenvalue weighted by atomic mass is 32.2. The maximum Gasteiger partial charge on any atom is 0.348 e. The van der Waals surface area contributed by atoms with Crippen LogP contribution in [0.4, 0.5) is 0 Å². The van der Waals surface area contributed by atoms with E-state index in [0.29, 0.717) is 0 Å². The molecule has 0 aromatic carbocycles. The van der Waals surface area contributed by atoms with Gasteiger partial charge in [-0.3, -0.25) is 4.57 Å². The normalized spacial score (nSPS) is 14.6. The van der Waals surface area contributed by atoms with E-state index < -0.39 is 22.1 Å². The van der Waals surface area contributed by atoms with Gasteiger partial charge in [0, 0.05) is 14.1 Å². The van der Waals surface area contributed by atoms with E-state index in [1.165, 1.54) is 27.9 Å². The molecule has 15 heavy (non-hydrogen) atoms. The van der Waals surface area contributed by atoms with Crippen molar-refractivity contribution in [2.75, 3.05) is 14.1 Å². The number of rotatable bonds is 5. The molecule has 0 saturated carbocycles. The summed E-state index contributed by atoms with van der Waals surface area (Å²) in [6.45, 7) is 2.92. The molecule has 0 heterocycles. The topological polar surface area (TPSA) is 94.9 Å². The first-order chi connectivity index (χ1) is 6.56. The smallest absolute Gasteiger partial charge is 0.323 e. The second kappa shape index (κ2) is 4.51. The summed E-state index contributed by atoms with van der Waals surface area (Å²) in [5.41, 5.74) is 0. The Morgan fingerprint density at radius 1 is 1.20 bits per heavy atom. The van der Waals surface area contributed by atoms with Crippen LogP contribution in [-0.2, 0) is 14.6 Å². The Kier molecular flexibility index (Phi) is 4.53. The van der Waals surface area contributed by atoms with Crippen LogP contribution >= 0.6 is 7.60 Å². The Balaban J connectivity index is 5.84. The van der Waals surface area contributed by atoms with Crippen LogP contribution in [0.1, 0.15) is 26.7 Å². The third-order valence-corrected chi connectivity index (χ3v) is 8.20. The highest BCUT2D eigenvalue weighted by Gasteiger charge is 2.55. The lowest BCUT2D eigenvalue weighted by atomic mass is 10.2. The summed E-state index contributed by atoms with van der Waals surface area (Å²) in [7, 11) is -6.16. The summed E-state index contributed by atoms with van der Waals surface area (Å²) < 4.78 is 34.0. The van der Waals surface area contributed by atoms with Gasteiger partial charge in [-0.05, 0) is 12.8 Å². The maximum absolute atomic E-state index is 11.9. The van der Waals surface area contributed by atoms with Gasteiger partial charge in [-0.2, -0.15) is 0 Å². The van der Waals surface area contributed by atoms with Gasteiger partial charge in [0.2, 0.25) is 10.0 Å². The van der Waals surface area contributed by atoms with Gasteiger partial charge in [0.05, 0.1) is 0 Å². The van der Waals surface area contributed by atoms with Crippen molar-refractivity contribution in [1.82, 2.24) is 4.31 Å². The molecule has 0 rings (SSSR count). The minimum absolute atomic E-state index is 0.117. The van der Waals surface area contributed by atoms with Gasteiger partial charge in [0.1, 0.15) is 0 Å². The summed E-state index contributed by atoms with van der Waals surface area (Å²) in [4.78, 5) is 18.4. The van der Waals surface area contributed by atoms with Crippen LogP contribution in [0.2, 0.25) is 0 Å². The summed E-state index contributed by atoms with van der Waals surface area (Å²) in [6.07, 6.45) is -0.234. The van der Waals surface area contributed by atoms with Crippen molar-refractivity contribution < 1.29 is 22.8 Å². The van der Waals surface area contributed by atoms with Gasteiger partial charge in [0.25, 0.3) is 0 Å². The van der Waals surface area contributed by atoms with Crippen molar-refractivity contribution in [2.45, 2.75) is 31.2 Å². The maximum atomic E-state index is 11.9. The van der Waals surface area contributed by atoms with Crippen molar-refractivity contribution in [3.05, 3.63) is 0 Å². The van der Waals surface area contributed by atoms with E-state index in [1.807, 2.05) is 0 Å². The molecular weight excluding hydrogens is 241 g/mol. The molecule has 0 aliphatic rings. The van der Waals surface area contributed by atoms with Crippen LogP contribution < -0.4 is 0 Å². The van der Waals surface area contributed by atoms with Gasteiger partial charge in [0.15, 0.2) is 4.49 Å². The molecule has 0 atom stereocenters. The molecule has 92 valence electrons. The molecule has 2 N–H and O–H groups in total. The Hall–Kier alpha value is 0.0600. The third-order valence-electron chi connectivity index (χ3n) is 2.60. The summed E-state index contributed by atoms with van der Waals surface area (Å²) in [5, 5.41) is 0. The van der Waals surface area contributed by atoms with Crippen LogP contribution in [0.3, 0.4) is 0 Å². The SMILES string of the molecule is CCC(CC)(P(=O)(O)O)S(=O)(=O)N(C)C. The minimum atomic E-state index is -4.71. The third kappa shape index (κ3) is 2.26. The van der Waals surface area contributed by atoms with Crippen molar-refractivity contribution in [3.63, 3.8) is 0 Å². The first kappa shape index (κ1) is 15.1. The number of hydrogen-bond donors (Lipinski definition) is 2. The van der Waals surface area contributed by atoms with Crippen molar-refractivity contribution in [1.29, 1.82) is 0 Å². The molecule has 0 radical (unpaired) electrons. The fourth-order valence-corrected chi connectivity index (χ4v) is 5.44. The molecule has 0 aliphatic heterocycles. The first-order valence-electron chi connectivity index (χ1n) is 4.54. The molecule has 0 spiro atoms. The van der Waals surface area contributed by atoms with Crippen LogP contribution in [-0.4, -0.2) is 41.1 Å². The van der Waals surface area contributed by atoms with E-state index in [9.17, 15) is 22.8 Å². The molecule has 0 unspecified atom stereocenters. The van der Waals surface area contributed by atoms with Crippen molar-refractivity contribution in [3.8, 4) is 0 Å². The highest BCUT2D eigenvalue weighted by molar-refractivity contribution is 7.97. The molecule has 0 amide bonds. The standard InChI is InChI=1S/C7H18NO5PS/c1-5-7(6-2,14(9,10)11)15(12,13)8(3)4/h5-6H2,1-4H3,(H2,9,10,11). The van der Waals surface area contributed by atoms with Gasteiger partial charge in [-0.15, -0.1) is 0 Å². The second-order valence-electron chi connectivity index (χ2n) is 3.48. The average Bonchev–Trinajstić information content (AvgIpc) is 2.03. The highest BCUT2D eigenvalue weighted by Crippen LogP contribution is 2.58. The zero-order valence-electron chi connectivity index (χ0n) is 9.34. The van der Waals surface area contributed by atoms with Crippen LogP contribution in [0.25, 0.3) is 0 Å². The van der Waals surface area contributed by atoms with E-state index in [2.05, 4.69) is 0 Å². The molecule has 6 nitrogen and oxygen atoms in total. The van der Waals surface area contributed by atoms with Crippen molar-refractivity contribution >= 4 is 17.6 Å². The summed E-state index contributed by atoms with van der Waals surface area (Å²) in [5.74, 6) is 0. The van der Waals surface area contributed by atoms with E-state index in [1.54, 1.807) is 0 Å². The first-order valence-corrected chi connectivity index (χ1v) is 7.59. The minimum Gasteiger partial charge on any atom is -0.323 e. The number of sulfonamides is 1. The Labute approximate surface area is 90.5 Å². The second-order valence-corrected chi connectivity index (χ2v) is 8.19. The largest absolute Gasteiger partial charge is 0.348 e. The Morgan fingerprint density at radius 3 is 1.60 bits per heavy atom. The lowest BCUT2D eigenvalue weighted by molar-refractivity contribution is 0.337. The summed E-state index contributed by atoms with van der Waals surface area (Å²) >= 11 is 0. The van der Waals surface area contributed by atoms with Gasteiger partial charge in [-0.1, -0.05) is 13.8 Å². The molecular formula is C7H18NO5PS. The summed E-state index contributed by atoms with van der Waals surface area (Å²) in [6, 6.07) is 0. The van der Waals surface area contributed by atoms with E-state index in [-0.39, 0.29) is 12.8 Å². The fraction of sp³-hybridized carbons (Fsp3) is 1.00. The van der Waals surface area contributed by atoms with Gasteiger partial charge < -0.3 is 9.79 Å². The predicted molar refractivity (Wildman–Crippen MR) is 58.0 cm³/mol. The molecule has 8 heteroatoms. The number of nitrogens with zero attached hydrogens (tertiary/aromatic N) is 1. The van der Waals surface area contributed by atoms with Crippen molar-refractivity contribution in [2.24, 2.45) is 0 Å². The molecule has 0 aromatic heterocycles. The average molecular weight is 259 g/mol. The van der Waals surface area contributed by atoms with E-state index in [4.69, 9.17) is 0 Å². The lowest BCUT2D eigenvalue weighted by Gasteiger charge is -2.33. The molecule has 0 fully saturated rings. The van der Waals surface area contributed by atoms with Crippen LogP contribution in [0.15, 0.2) is 0 Å². The van der Waals surface area contributed by atoms with Gasteiger partial charge in [-0.25, -0.2) is 12.7 Å². The van der Waals surface area contributed by atoms with Crippen LogP contribution in [0.5, 0.6) is 0 Å². The fourth-order valence-electron chi connectivity index (χ4n) is 1.52. The zero-order valence-corrected chi connectivity index (χ0v) is 11.0. The van der Waals surface area contributed by atoms with Gasteiger partial charge >= 0.3 is 7.60 Å².